The Morgan fingerprint density at radius 1 is 1.23 bits per heavy atom. The number of carbonyl (C=O) groups is 1. The quantitative estimate of drug-likeness (QED) is 0.844. The molecule has 0 amide bonds. The number of carbonyl (C=O) groups excluding carboxylic acids is 1. The molecular weight excluding hydrogens is 280 g/mol. The molecular formula is C16H20N4O2. The number of ether oxygens (including phenoxy) is 1. The number of benzene rings is 1. The Morgan fingerprint density at radius 3 is 2.68 bits per heavy atom. The molecule has 0 saturated carbocycles. The molecule has 22 heavy (non-hydrogen) atoms. The maximum Gasteiger partial charge on any atom is 0.337 e. The van der Waals surface area contributed by atoms with E-state index >= 15 is 0 Å². The SMILES string of the molecule is COC(=O)c1cccc(Nc2ccnc(NC(C)(C)C)n2)c1. The summed E-state index contributed by atoms with van der Waals surface area (Å²) < 4.78 is 4.71. The van der Waals surface area contributed by atoms with Crippen LogP contribution in [0.4, 0.5) is 17.5 Å². The average Bonchev–Trinajstić information content (AvgIpc) is 2.45. The summed E-state index contributed by atoms with van der Waals surface area (Å²) in [5, 5.41) is 6.36. The highest BCUT2D eigenvalue weighted by Gasteiger charge is 2.11. The minimum atomic E-state index is -0.374. The van der Waals surface area contributed by atoms with Gasteiger partial charge in [0.05, 0.1) is 12.7 Å². The third kappa shape index (κ3) is 4.44. The second-order valence-corrected chi connectivity index (χ2v) is 5.84. The van der Waals surface area contributed by atoms with Crippen molar-refractivity contribution in [2.75, 3.05) is 17.7 Å². The molecule has 0 fully saturated rings. The summed E-state index contributed by atoms with van der Waals surface area (Å²) in [4.78, 5) is 20.1. The normalized spacial score (nSPS) is 10.9. The van der Waals surface area contributed by atoms with Gasteiger partial charge in [-0.1, -0.05) is 6.07 Å². The Labute approximate surface area is 129 Å². The number of hydrogen-bond acceptors (Lipinski definition) is 6. The Bertz CT molecular complexity index is 665. The molecule has 2 aromatic rings. The van der Waals surface area contributed by atoms with Crippen molar-refractivity contribution in [2.45, 2.75) is 26.3 Å². The molecule has 0 bridgehead atoms. The monoisotopic (exact) mass is 300 g/mol. The lowest BCUT2D eigenvalue weighted by Gasteiger charge is -2.20. The Hall–Kier alpha value is -2.63. The third-order valence-electron chi connectivity index (χ3n) is 2.70. The summed E-state index contributed by atoms with van der Waals surface area (Å²) in [6.45, 7) is 6.11. The zero-order valence-corrected chi connectivity index (χ0v) is 13.2. The number of methoxy groups -OCH3 is 1. The van der Waals surface area contributed by atoms with E-state index < -0.39 is 0 Å². The summed E-state index contributed by atoms with van der Waals surface area (Å²) in [5.41, 5.74) is 1.11. The van der Waals surface area contributed by atoms with E-state index in [1.54, 1.807) is 30.5 Å². The maximum absolute atomic E-state index is 11.5. The molecule has 0 unspecified atom stereocenters. The average molecular weight is 300 g/mol. The van der Waals surface area contributed by atoms with Gasteiger partial charge in [0, 0.05) is 17.4 Å². The van der Waals surface area contributed by atoms with E-state index in [9.17, 15) is 4.79 Å². The van der Waals surface area contributed by atoms with Crippen LogP contribution in [0.15, 0.2) is 36.5 Å². The number of anilines is 3. The van der Waals surface area contributed by atoms with Crippen LogP contribution in [0.25, 0.3) is 0 Å². The van der Waals surface area contributed by atoms with Crippen LogP contribution in [-0.2, 0) is 4.74 Å². The summed E-state index contributed by atoms with van der Waals surface area (Å²) in [5.74, 6) is 0.812. The first kappa shape index (κ1) is 15.8. The van der Waals surface area contributed by atoms with Crippen molar-refractivity contribution in [1.29, 1.82) is 0 Å². The van der Waals surface area contributed by atoms with Gasteiger partial charge in [0.2, 0.25) is 5.95 Å². The standard InChI is InChI=1S/C16H20N4O2/c1-16(2,3)20-15-17-9-8-13(19-15)18-12-7-5-6-11(10-12)14(21)22-4/h5-10H,1-4H3,(H2,17,18,19,20). The summed E-state index contributed by atoms with van der Waals surface area (Å²) >= 11 is 0. The molecule has 0 radical (unpaired) electrons. The van der Waals surface area contributed by atoms with Crippen molar-refractivity contribution < 1.29 is 9.53 Å². The van der Waals surface area contributed by atoms with Gasteiger partial charge in [0.15, 0.2) is 0 Å². The predicted molar refractivity (Wildman–Crippen MR) is 86.5 cm³/mol. The minimum absolute atomic E-state index is 0.122. The smallest absolute Gasteiger partial charge is 0.337 e. The highest BCUT2D eigenvalue weighted by molar-refractivity contribution is 5.90. The van der Waals surface area contributed by atoms with Crippen molar-refractivity contribution in [3.63, 3.8) is 0 Å². The van der Waals surface area contributed by atoms with Gasteiger partial charge in [-0.05, 0) is 45.0 Å². The van der Waals surface area contributed by atoms with Gasteiger partial charge >= 0.3 is 5.97 Å². The lowest BCUT2D eigenvalue weighted by Crippen LogP contribution is -2.27. The van der Waals surface area contributed by atoms with Crippen LogP contribution >= 0.6 is 0 Å². The van der Waals surface area contributed by atoms with Crippen molar-refractivity contribution in [3.05, 3.63) is 42.1 Å². The first-order valence-electron chi connectivity index (χ1n) is 6.94. The number of esters is 1. The molecule has 0 atom stereocenters. The molecule has 0 aliphatic carbocycles. The number of nitrogens with one attached hydrogen (secondary N) is 2. The van der Waals surface area contributed by atoms with E-state index in [1.165, 1.54) is 7.11 Å². The summed E-state index contributed by atoms with van der Waals surface area (Å²) in [6, 6.07) is 8.81. The lowest BCUT2D eigenvalue weighted by atomic mass is 10.1. The van der Waals surface area contributed by atoms with Crippen molar-refractivity contribution >= 4 is 23.4 Å². The fraction of sp³-hybridized carbons (Fsp3) is 0.312. The molecule has 1 heterocycles. The molecule has 6 nitrogen and oxygen atoms in total. The zero-order chi connectivity index (χ0) is 16.2. The number of nitrogens with zero attached hydrogens (tertiary/aromatic N) is 2. The molecule has 2 rings (SSSR count). The van der Waals surface area contributed by atoms with E-state index in [4.69, 9.17) is 4.74 Å². The topological polar surface area (TPSA) is 76.1 Å². The Kier molecular flexibility index (Phi) is 4.60. The number of rotatable bonds is 4. The van der Waals surface area contributed by atoms with Crippen molar-refractivity contribution in [2.24, 2.45) is 0 Å². The molecule has 0 spiro atoms. The second-order valence-electron chi connectivity index (χ2n) is 5.84. The van der Waals surface area contributed by atoms with Gasteiger partial charge in [0.1, 0.15) is 5.82 Å². The largest absolute Gasteiger partial charge is 0.465 e. The Morgan fingerprint density at radius 2 is 2.00 bits per heavy atom. The van der Waals surface area contributed by atoms with E-state index in [2.05, 4.69) is 20.6 Å². The van der Waals surface area contributed by atoms with Gasteiger partial charge in [0.25, 0.3) is 0 Å². The van der Waals surface area contributed by atoms with Gasteiger partial charge < -0.3 is 15.4 Å². The minimum Gasteiger partial charge on any atom is -0.465 e. The van der Waals surface area contributed by atoms with Crippen LogP contribution in [-0.4, -0.2) is 28.6 Å². The van der Waals surface area contributed by atoms with Crippen molar-refractivity contribution in [3.8, 4) is 0 Å². The van der Waals surface area contributed by atoms with E-state index in [0.717, 1.165) is 5.69 Å². The van der Waals surface area contributed by atoms with Crippen LogP contribution in [0.1, 0.15) is 31.1 Å². The lowest BCUT2D eigenvalue weighted by molar-refractivity contribution is 0.0601. The molecule has 1 aromatic heterocycles. The summed E-state index contributed by atoms with van der Waals surface area (Å²) in [6.07, 6.45) is 1.67. The molecule has 1 aromatic carbocycles. The van der Waals surface area contributed by atoms with Gasteiger partial charge in [-0.3, -0.25) is 0 Å². The first-order chi connectivity index (χ1) is 10.4. The summed E-state index contributed by atoms with van der Waals surface area (Å²) in [7, 11) is 1.36. The second kappa shape index (κ2) is 6.43. The molecule has 6 heteroatoms. The Balaban J connectivity index is 2.17. The van der Waals surface area contributed by atoms with Gasteiger partial charge in [-0.2, -0.15) is 4.98 Å². The van der Waals surface area contributed by atoms with E-state index in [-0.39, 0.29) is 11.5 Å². The molecule has 0 aliphatic heterocycles. The first-order valence-corrected chi connectivity index (χ1v) is 6.94. The molecule has 0 saturated heterocycles. The fourth-order valence-electron chi connectivity index (χ4n) is 1.81. The highest BCUT2D eigenvalue weighted by atomic mass is 16.5. The van der Waals surface area contributed by atoms with Crippen LogP contribution in [0, 0.1) is 0 Å². The highest BCUT2D eigenvalue weighted by Crippen LogP contribution is 2.18. The van der Waals surface area contributed by atoms with Crippen LogP contribution < -0.4 is 10.6 Å². The number of aromatic nitrogens is 2. The predicted octanol–water partition coefficient (Wildman–Crippen LogP) is 3.22. The number of hydrogen-bond donors (Lipinski definition) is 2. The maximum atomic E-state index is 11.5. The zero-order valence-electron chi connectivity index (χ0n) is 13.2. The van der Waals surface area contributed by atoms with E-state index in [1.807, 2.05) is 26.8 Å². The fourth-order valence-corrected chi connectivity index (χ4v) is 1.81. The molecule has 116 valence electrons. The molecule has 2 N–H and O–H groups in total. The van der Waals surface area contributed by atoms with Crippen LogP contribution in [0.3, 0.4) is 0 Å². The van der Waals surface area contributed by atoms with Gasteiger partial charge in [-0.15, -0.1) is 0 Å². The van der Waals surface area contributed by atoms with Crippen LogP contribution in [0.5, 0.6) is 0 Å². The molecule has 0 aliphatic rings. The van der Waals surface area contributed by atoms with Gasteiger partial charge in [-0.25, -0.2) is 9.78 Å². The third-order valence-corrected chi connectivity index (χ3v) is 2.70. The van der Waals surface area contributed by atoms with E-state index in [0.29, 0.717) is 17.3 Å². The van der Waals surface area contributed by atoms with Crippen molar-refractivity contribution in [1.82, 2.24) is 9.97 Å². The van der Waals surface area contributed by atoms with Crippen LogP contribution in [0.2, 0.25) is 0 Å².